The Morgan fingerprint density at radius 3 is 1.00 bits per heavy atom. The van der Waals surface area contributed by atoms with E-state index in [0.29, 0.717) is 6.61 Å². The van der Waals surface area contributed by atoms with Crippen molar-refractivity contribution in [1.82, 2.24) is 14.7 Å². The molecule has 0 aliphatic heterocycles. The van der Waals surface area contributed by atoms with Crippen molar-refractivity contribution in [3.63, 3.8) is 0 Å². The number of hydrogen-bond donors (Lipinski definition) is 1. The summed E-state index contributed by atoms with van der Waals surface area (Å²) < 4.78 is 0. The molecular weight excluding hydrogens is 370 g/mol. The maximum atomic E-state index is 9.20. The van der Waals surface area contributed by atoms with Crippen LogP contribution < -0.4 is 0 Å². The molecule has 4 nitrogen and oxygen atoms in total. The first-order valence-electron chi connectivity index (χ1n) is 12.3. The van der Waals surface area contributed by atoms with E-state index < -0.39 is 0 Å². The highest BCUT2D eigenvalue weighted by Crippen LogP contribution is 2.26. The van der Waals surface area contributed by atoms with Gasteiger partial charge >= 0.3 is 0 Å². The molecule has 0 saturated heterocycles. The van der Waals surface area contributed by atoms with Crippen LogP contribution >= 0.6 is 0 Å². The first-order valence-corrected chi connectivity index (χ1v) is 12.3. The third kappa shape index (κ3) is 12.0. The van der Waals surface area contributed by atoms with Crippen LogP contribution in [0.3, 0.4) is 0 Å². The minimum atomic E-state index is 0.180. The molecule has 0 amide bonds. The summed E-state index contributed by atoms with van der Waals surface area (Å²) >= 11 is 0. The minimum Gasteiger partial charge on any atom is -0.396 e. The fraction of sp³-hybridized carbons (Fsp3) is 1.00. The van der Waals surface area contributed by atoms with Crippen LogP contribution in [0.25, 0.3) is 0 Å². The largest absolute Gasteiger partial charge is 0.396 e. The Bertz CT molecular complexity index is 383. The molecule has 0 aliphatic carbocycles. The fourth-order valence-electron chi connectivity index (χ4n) is 5.04. The van der Waals surface area contributed by atoms with E-state index >= 15 is 0 Å². The maximum Gasteiger partial charge on any atom is 0.0431 e. The maximum absolute atomic E-state index is 9.20. The molecule has 0 saturated carbocycles. The number of hydrogen-bond acceptors (Lipinski definition) is 4. The molecule has 0 radical (unpaired) electrons. The van der Waals surface area contributed by atoms with E-state index in [9.17, 15) is 5.11 Å². The van der Waals surface area contributed by atoms with E-state index in [4.69, 9.17) is 0 Å². The Kier molecular flexibility index (Phi) is 12.1. The second-order valence-electron chi connectivity index (χ2n) is 13.0. The summed E-state index contributed by atoms with van der Waals surface area (Å²) in [4.78, 5) is 7.89. The lowest BCUT2D eigenvalue weighted by Crippen LogP contribution is -2.53. The van der Waals surface area contributed by atoms with E-state index in [1.165, 1.54) is 12.8 Å². The van der Waals surface area contributed by atoms with Crippen molar-refractivity contribution in [2.75, 3.05) is 39.3 Å². The lowest BCUT2D eigenvalue weighted by molar-refractivity contribution is 0.0299. The smallest absolute Gasteiger partial charge is 0.0431 e. The summed E-state index contributed by atoms with van der Waals surface area (Å²) in [6.45, 7) is 33.8. The molecule has 0 unspecified atom stereocenters. The van der Waals surface area contributed by atoms with Gasteiger partial charge < -0.3 is 10.0 Å². The summed E-state index contributed by atoms with van der Waals surface area (Å²) in [7, 11) is 0. The SMILES string of the molecule is CC(C)(C)N(CCCN(CCCCO)CCCN(C(C)(C)C)C(C)(C)C)C(C)(C)C. The van der Waals surface area contributed by atoms with Gasteiger partial charge in [0.2, 0.25) is 0 Å². The van der Waals surface area contributed by atoms with E-state index in [-0.39, 0.29) is 22.2 Å². The molecule has 0 aromatic heterocycles. The first kappa shape index (κ1) is 29.8. The molecule has 182 valence electrons. The van der Waals surface area contributed by atoms with Gasteiger partial charge in [-0.2, -0.15) is 0 Å². The van der Waals surface area contributed by atoms with Gasteiger partial charge in [-0.15, -0.1) is 0 Å². The molecule has 0 bridgehead atoms. The molecule has 1 N–H and O–H groups in total. The monoisotopic (exact) mass is 427 g/mol. The highest BCUT2D eigenvalue weighted by molar-refractivity contribution is 4.88. The quantitative estimate of drug-likeness (QED) is 0.408. The Balaban J connectivity index is 4.88. The van der Waals surface area contributed by atoms with Crippen LogP contribution in [-0.2, 0) is 0 Å². The average molecular weight is 428 g/mol. The Morgan fingerprint density at radius 2 is 0.733 bits per heavy atom. The van der Waals surface area contributed by atoms with Crippen LogP contribution in [0.15, 0.2) is 0 Å². The van der Waals surface area contributed by atoms with Crippen LogP contribution in [0.1, 0.15) is 109 Å². The van der Waals surface area contributed by atoms with Gasteiger partial charge in [0.05, 0.1) is 0 Å². The molecule has 0 aliphatic rings. The number of unbranched alkanes of at least 4 members (excludes halogenated alkanes) is 1. The topological polar surface area (TPSA) is 30.0 Å². The van der Waals surface area contributed by atoms with Crippen LogP contribution in [0.2, 0.25) is 0 Å². The van der Waals surface area contributed by atoms with Gasteiger partial charge in [0, 0.05) is 41.9 Å². The van der Waals surface area contributed by atoms with Crippen molar-refractivity contribution in [2.24, 2.45) is 0 Å². The summed E-state index contributed by atoms with van der Waals surface area (Å²) in [5.41, 5.74) is 0.722. The molecule has 0 fully saturated rings. The average Bonchev–Trinajstić information content (AvgIpc) is 2.49. The third-order valence-corrected chi connectivity index (χ3v) is 5.83. The van der Waals surface area contributed by atoms with E-state index in [2.05, 4.69) is 97.8 Å². The molecule has 0 heterocycles. The van der Waals surface area contributed by atoms with Gasteiger partial charge in [-0.25, -0.2) is 0 Å². The molecule has 30 heavy (non-hydrogen) atoms. The number of rotatable bonds is 12. The highest BCUT2D eigenvalue weighted by Gasteiger charge is 2.32. The second-order valence-corrected chi connectivity index (χ2v) is 13.0. The fourth-order valence-corrected chi connectivity index (χ4v) is 5.04. The molecule has 0 spiro atoms. The number of nitrogens with zero attached hydrogens (tertiary/aromatic N) is 3. The van der Waals surface area contributed by atoms with Gasteiger partial charge in [0.15, 0.2) is 0 Å². The van der Waals surface area contributed by atoms with E-state index in [1.54, 1.807) is 0 Å². The number of aliphatic hydroxyl groups excluding tert-OH is 1. The van der Waals surface area contributed by atoms with Gasteiger partial charge in [0.25, 0.3) is 0 Å². The van der Waals surface area contributed by atoms with Gasteiger partial charge in [-0.1, -0.05) is 0 Å². The lowest BCUT2D eigenvalue weighted by Gasteiger charge is -2.46. The first-order chi connectivity index (χ1) is 13.4. The molecule has 0 aromatic rings. The molecule has 4 heteroatoms. The molecule has 0 rings (SSSR count). The van der Waals surface area contributed by atoms with Crippen LogP contribution in [-0.4, -0.2) is 81.3 Å². The van der Waals surface area contributed by atoms with Crippen LogP contribution in [0.5, 0.6) is 0 Å². The standard InChI is InChI=1S/C26H57N3O/c1-23(2,3)28(24(4,5)6)20-15-18-27(17-13-14-22-30)19-16-21-29(25(7,8)9)26(10,11)12/h30H,13-22H2,1-12H3. The van der Waals surface area contributed by atoms with Crippen LogP contribution in [0.4, 0.5) is 0 Å². The van der Waals surface area contributed by atoms with Gasteiger partial charge in [0.1, 0.15) is 0 Å². The molecule has 0 aromatic carbocycles. The molecular formula is C26H57N3O. The second kappa shape index (κ2) is 12.2. The predicted octanol–water partition coefficient (Wildman–Crippen LogP) is 5.64. The van der Waals surface area contributed by atoms with Gasteiger partial charge in [-0.05, 0) is 128 Å². The van der Waals surface area contributed by atoms with Crippen molar-refractivity contribution >= 4 is 0 Å². The highest BCUT2D eigenvalue weighted by atomic mass is 16.2. The normalized spacial score (nSPS) is 14.4. The zero-order valence-corrected chi connectivity index (χ0v) is 22.9. The zero-order valence-electron chi connectivity index (χ0n) is 22.9. The summed E-state index contributed by atoms with van der Waals surface area (Å²) in [5, 5.41) is 9.20. The van der Waals surface area contributed by atoms with Crippen molar-refractivity contribution in [1.29, 1.82) is 0 Å². The van der Waals surface area contributed by atoms with Gasteiger partial charge in [-0.3, -0.25) is 9.80 Å². The van der Waals surface area contributed by atoms with Crippen molar-refractivity contribution < 1.29 is 5.11 Å². The minimum absolute atomic E-state index is 0.180. The Labute approximate surface area is 190 Å². The van der Waals surface area contributed by atoms with Crippen molar-refractivity contribution in [3.8, 4) is 0 Å². The zero-order chi connectivity index (χ0) is 23.8. The van der Waals surface area contributed by atoms with Crippen molar-refractivity contribution in [2.45, 2.75) is 131 Å². The van der Waals surface area contributed by atoms with E-state index in [1.807, 2.05) is 0 Å². The van der Waals surface area contributed by atoms with Crippen molar-refractivity contribution in [3.05, 3.63) is 0 Å². The Morgan fingerprint density at radius 1 is 0.433 bits per heavy atom. The van der Waals surface area contributed by atoms with Crippen LogP contribution in [0, 0.1) is 0 Å². The lowest BCUT2D eigenvalue weighted by atomic mass is 9.95. The van der Waals surface area contributed by atoms with E-state index in [0.717, 1.165) is 45.6 Å². The predicted molar refractivity (Wildman–Crippen MR) is 134 cm³/mol. The summed E-state index contributed by atoms with van der Waals surface area (Å²) in [6, 6.07) is 0. The summed E-state index contributed by atoms with van der Waals surface area (Å²) in [6.07, 6.45) is 4.37. The summed E-state index contributed by atoms with van der Waals surface area (Å²) in [5.74, 6) is 0. The Hall–Kier alpha value is -0.160. The molecule has 0 atom stereocenters. The third-order valence-electron chi connectivity index (χ3n) is 5.83. The number of aliphatic hydroxyl groups is 1.